The van der Waals surface area contributed by atoms with Gasteiger partial charge in [-0.05, 0) is 61.1 Å². The molecule has 5 rings (SSSR count). The largest absolute Gasteiger partial charge is 0.378 e. The van der Waals surface area contributed by atoms with E-state index in [1.54, 1.807) is 16.6 Å². The number of nitrogens with zero attached hydrogens (tertiary/aromatic N) is 2. The van der Waals surface area contributed by atoms with Gasteiger partial charge in [0.15, 0.2) is 0 Å². The Hall–Kier alpha value is -2.18. The molecule has 0 spiro atoms. The Morgan fingerprint density at radius 3 is 2.55 bits per heavy atom. The van der Waals surface area contributed by atoms with Gasteiger partial charge in [-0.15, -0.1) is 0 Å². The summed E-state index contributed by atoms with van der Waals surface area (Å²) in [6, 6.07) is 10.6. The first kappa shape index (κ1) is 18.8. The Morgan fingerprint density at radius 2 is 1.83 bits per heavy atom. The maximum Gasteiger partial charge on any atom is 0.246 e. The van der Waals surface area contributed by atoms with Gasteiger partial charge in [-0.3, -0.25) is 4.98 Å². The molecule has 1 fully saturated rings. The van der Waals surface area contributed by atoms with Crippen LogP contribution in [0.15, 0.2) is 59.8 Å². The number of sulfonamides is 1. The van der Waals surface area contributed by atoms with Gasteiger partial charge in [0.1, 0.15) is 4.90 Å². The minimum absolute atomic E-state index is 0.190. The molecular weight excluding hydrogens is 382 g/mol. The maximum atomic E-state index is 13.4. The second-order valence-electron chi connectivity index (χ2n) is 8.48. The quantitative estimate of drug-likeness (QED) is 0.766. The molecule has 0 bridgehead atoms. The molecule has 6 heteroatoms. The van der Waals surface area contributed by atoms with E-state index in [-0.39, 0.29) is 6.04 Å². The average Bonchev–Trinajstić information content (AvgIpc) is 3.48. The van der Waals surface area contributed by atoms with Crippen molar-refractivity contribution in [3.63, 3.8) is 0 Å². The van der Waals surface area contributed by atoms with Crippen LogP contribution >= 0.6 is 0 Å². The number of rotatable bonds is 5. The lowest BCUT2D eigenvalue weighted by Gasteiger charge is -2.22. The van der Waals surface area contributed by atoms with Gasteiger partial charge in [-0.1, -0.05) is 36.4 Å². The molecule has 2 atom stereocenters. The van der Waals surface area contributed by atoms with E-state index in [2.05, 4.69) is 46.7 Å². The van der Waals surface area contributed by atoms with Crippen molar-refractivity contribution < 1.29 is 8.42 Å². The van der Waals surface area contributed by atoms with Crippen LogP contribution in [-0.4, -0.2) is 36.8 Å². The van der Waals surface area contributed by atoms with Crippen LogP contribution in [0.25, 0.3) is 0 Å². The molecular formula is C23H27N3O2S. The average molecular weight is 410 g/mol. The van der Waals surface area contributed by atoms with Crippen LogP contribution in [0.5, 0.6) is 0 Å². The van der Waals surface area contributed by atoms with Crippen LogP contribution in [0.4, 0.5) is 5.69 Å². The van der Waals surface area contributed by atoms with Crippen LogP contribution in [0, 0.1) is 11.8 Å². The number of aromatic nitrogens is 1. The van der Waals surface area contributed by atoms with Crippen molar-refractivity contribution in [1.82, 2.24) is 9.29 Å². The van der Waals surface area contributed by atoms with Crippen molar-refractivity contribution in [2.24, 2.45) is 11.8 Å². The smallest absolute Gasteiger partial charge is 0.246 e. The van der Waals surface area contributed by atoms with Gasteiger partial charge in [-0.25, -0.2) is 8.42 Å². The normalized spacial score (nSPS) is 24.8. The van der Waals surface area contributed by atoms with E-state index >= 15 is 0 Å². The Labute approximate surface area is 172 Å². The number of hydrogen-bond acceptors (Lipinski definition) is 4. The van der Waals surface area contributed by atoms with E-state index in [9.17, 15) is 8.42 Å². The molecule has 1 N–H and O–H groups in total. The molecule has 29 heavy (non-hydrogen) atoms. The molecule has 152 valence electrons. The fourth-order valence-corrected chi connectivity index (χ4v) is 6.69. The summed E-state index contributed by atoms with van der Waals surface area (Å²) in [5.41, 5.74) is 3.53. The van der Waals surface area contributed by atoms with Crippen molar-refractivity contribution in [1.29, 1.82) is 0 Å². The summed E-state index contributed by atoms with van der Waals surface area (Å²) in [5, 5.41) is 3.38. The Bertz CT molecular complexity index is 1010. The zero-order chi connectivity index (χ0) is 19.8. The topological polar surface area (TPSA) is 62.3 Å². The summed E-state index contributed by atoms with van der Waals surface area (Å²) in [6.07, 6.45) is 12.5. The first-order chi connectivity index (χ1) is 14.1. The first-order valence-corrected chi connectivity index (χ1v) is 12.0. The van der Waals surface area contributed by atoms with E-state index < -0.39 is 10.0 Å². The van der Waals surface area contributed by atoms with Gasteiger partial charge >= 0.3 is 0 Å². The lowest BCUT2D eigenvalue weighted by atomic mass is 9.89. The Kier molecular flexibility index (Phi) is 4.92. The number of anilines is 1. The highest BCUT2D eigenvalue weighted by Crippen LogP contribution is 2.38. The summed E-state index contributed by atoms with van der Waals surface area (Å²) in [7, 11) is -3.56. The number of hydrogen-bond donors (Lipinski definition) is 1. The second-order valence-corrected chi connectivity index (χ2v) is 10.4. The SMILES string of the molecule is O=S(=O)(c1cnccc1N[C@H]1C=CCC1)N1CCC(C2Cc3ccccc3C2)C1. The summed E-state index contributed by atoms with van der Waals surface area (Å²) in [5.74, 6) is 0.964. The second kappa shape index (κ2) is 7.58. The number of pyridine rings is 1. The molecule has 1 saturated heterocycles. The molecule has 2 heterocycles. The van der Waals surface area contributed by atoms with Crippen molar-refractivity contribution >= 4 is 15.7 Å². The van der Waals surface area contributed by atoms with Crippen molar-refractivity contribution in [3.05, 3.63) is 66.0 Å². The minimum atomic E-state index is -3.56. The number of fused-ring (bicyclic) bond motifs is 1. The van der Waals surface area contributed by atoms with Crippen LogP contribution < -0.4 is 5.32 Å². The van der Waals surface area contributed by atoms with Crippen LogP contribution in [0.1, 0.15) is 30.4 Å². The predicted octanol–water partition coefficient (Wildman–Crippen LogP) is 3.64. The molecule has 1 aromatic carbocycles. The summed E-state index contributed by atoms with van der Waals surface area (Å²) in [4.78, 5) is 4.42. The van der Waals surface area contributed by atoms with Gasteiger partial charge < -0.3 is 5.32 Å². The third kappa shape index (κ3) is 3.60. The standard InChI is InChI=1S/C23H27N3O2S/c27-29(28,23-15-24-11-9-22(23)25-21-7-3-4-8-21)26-12-10-19(16-26)20-13-17-5-1-2-6-18(17)14-20/h1-3,5-7,9,11,15,19-21H,4,8,10,12-14,16H2,(H,24,25)/t19?,21-/m0/s1. The number of allylic oxidation sites excluding steroid dienone is 1. The highest BCUT2D eigenvalue weighted by molar-refractivity contribution is 7.89. The maximum absolute atomic E-state index is 13.4. The van der Waals surface area contributed by atoms with Gasteiger partial charge in [-0.2, -0.15) is 4.31 Å². The summed E-state index contributed by atoms with van der Waals surface area (Å²) >= 11 is 0. The third-order valence-electron chi connectivity index (χ3n) is 6.69. The molecule has 1 aliphatic heterocycles. The Morgan fingerprint density at radius 1 is 1.03 bits per heavy atom. The molecule has 1 aromatic heterocycles. The fourth-order valence-electron chi connectivity index (χ4n) is 5.08. The van der Waals surface area contributed by atoms with Crippen molar-refractivity contribution in [2.75, 3.05) is 18.4 Å². The first-order valence-electron chi connectivity index (χ1n) is 10.6. The van der Waals surface area contributed by atoms with E-state index in [1.807, 2.05) is 0 Å². The van der Waals surface area contributed by atoms with Crippen molar-refractivity contribution in [3.8, 4) is 0 Å². The van der Waals surface area contributed by atoms with Crippen LogP contribution in [0.3, 0.4) is 0 Å². The van der Waals surface area contributed by atoms with Crippen LogP contribution in [-0.2, 0) is 22.9 Å². The van der Waals surface area contributed by atoms with E-state index in [0.29, 0.717) is 35.5 Å². The highest BCUT2D eigenvalue weighted by Gasteiger charge is 2.39. The minimum Gasteiger partial charge on any atom is -0.378 e. The Balaban J connectivity index is 1.32. The van der Waals surface area contributed by atoms with Gasteiger partial charge in [0.25, 0.3) is 0 Å². The molecule has 1 unspecified atom stereocenters. The molecule has 2 aliphatic carbocycles. The summed E-state index contributed by atoms with van der Waals surface area (Å²) in [6.45, 7) is 1.20. The lowest BCUT2D eigenvalue weighted by molar-refractivity contribution is 0.353. The number of benzene rings is 1. The molecule has 3 aliphatic rings. The third-order valence-corrected chi connectivity index (χ3v) is 8.59. The lowest BCUT2D eigenvalue weighted by Crippen LogP contribution is -2.31. The van der Waals surface area contributed by atoms with Crippen molar-refractivity contribution in [2.45, 2.75) is 43.0 Å². The summed E-state index contributed by atoms with van der Waals surface area (Å²) < 4.78 is 28.5. The monoisotopic (exact) mass is 409 g/mol. The highest BCUT2D eigenvalue weighted by atomic mass is 32.2. The zero-order valence-electron chi connectivity index (χ0n) is 16.5. The molecule has 0 amide bonds. The predicted molar refractivity (Wildman–Crippen MR) is 114 cm³/mol. The molecule has 2 aromatic rings. The fraction of sp³-hybridized carbons (Fsp3) is 0.435. The molecule has 0 saturated carbocycles. The zero-order valence-corrected chi connectivity index (χ0v) is 17.3. The van der Waals surface area contributed by atoms with Gasteiger partial charge in [0.05, 0.1) is 5.69 Å². The number of nitrogens with one attached hydrogen (secondary N) is 1. The molecule has 0 radical (unpaired) electrons. The molecule has 5 nitrogen and oxygen atoms in total. The van der Waals surface area contributed by atoms with E-state index in [1.165, 1.54) is 17.3 Å². The van der Waals surface area contributed by atoms with Gasteiger partial charge in [0, 0.05) is 31.5 Å². The van der Waals surface area contributed by atoms with E-state index in [0.717, 1.165) is 32.1 Å². The van der Waals surface area contributed by atoms with Gasteiger partial charge in [0.2, 0.25) is 10.0 Å². The van der Waals surface area contributed by atoms with E-state index in [4.69, 9.17) is 0 Å². The van der Waals surface area contributed by atoms with Crippen LogP contribution in [0.2, 0.25) is 0 Å².